The van der Waals surface area contributed by atoms with E-state index in [-0.39, 0.29) is 34.7 Å². The maximum absolute atomic E-state index is 13.3. The number of thioether (sulfide) groups is 1. The maximum Gasteiger partial charge on any atom is 0.274 e. The molecule has 0 N–H and O–H groups in total. The van der Waals surface area contributed by atoms with Crippen LogP contribution in [0.1, 0.15) is 22.5 Å². The summed E-state index contributed by atoms with van der Waals surface area (Å²) in [6, 6.07) is 9.04. The van der Waals surface area contributed by atoms with Crippen molar-refractivity contribution in [1.82, 2.24) is 14.9 Å². The highest BCUT2D eigenvalue weighted by Gasteiger charge is 2.36. The predicted octanol–water partition coefficient (Wildman–Crippen LogP) is 3.24. The van der Waals surface area contributed by atoms with Gasteiger partial charge in [0.25, 0.3) is 5.91 Å². The molecular formula is C19H20ClN3O3S2. The molecule has 2 aromatic rings. The fraction of sp³-hybridized carbons (Fsp3) is 0.316. The number of nitrogens with zero attached hydrogens (tertiary/aromatic N) is 3. The van der Waals surface area contributed by atoms with Crippen LogP contribution in [0.5, 0.6) is 0 Å². The van der Waals surface area contributed by atoms with Crippen LogP contribution >= 0.6 is 23.4 Å². The molecule has 0 aliphatic carbocycles. The second-order valence-electron chi connectivity index (χ2n) is 6.42. The summed E-state index contributed by atoms with van der Waals surface area (Å²) in [6.45, 7) is 3.94. The summed E-state index contributed by atoms with van der Waals surface area (Å²) in [4.78, 5) is 23.3. The highest BCUT2D eigenvalue weighted by molar-refractivity contribution is 7.99. The van der Waals surface area contributed by atoms with Crippen molar-refractivity contribution in [1.29, 1.82) is 0 Å². The number of benzene rings is 1. The van der Waals surface area contributed by atoms with Crippen LogP contribution in [0.3, 0.4) is 0 Å². The third-order valence-corrected chi connectivity index (χ3v) is 7.24. The second-order valence-corrected chi connectivity index (χ2v) is 10.0. The summed E-state index contributed by atoms with van der Waals surface area (Å²) in [5, 5.41) is 0.568. The van der Waals surface area contributed by atoms with Gasteiger partial charge in [0.2, 0.25) is 0 Å². The van der Waals surface area contributed by atoms with E-state index in [1.165, 1.54) is 18.0 Å². The van der Waals surface area contributed by atoms with Crippen LogP contribution in [0, 0.1) is 0 Å². The lowest BCUT2D eigenvalue weighted by Gasteiger charge is -2.28. The number of rotatable bonds is 7. The summed E-state index contributed by atoms with van der Waals surface area (Å²) in [5.41, 5.74) is 0.995. The van der Waals surface area contributed by atoms with E-state index in [9.17, 15) is 13.2 Å². The zero-order valence-corrected chi connectivity index (χ0v) is 17.5. The Balaban J connectivity index is 1.93. The van der Waals surface area contributed by atoms with Crippen molar-refractivity contribution in [2.24, 2.45) is 0 Å². The van der Waals surface area contributed by atoms with Gasteiger partial charge in [-0.15, -0.1) is 6.58 Å². The molecule has 1 aromatic heterocycles. The molecule has 0 radical (unpaired) electrons. The van der Waals surface area contributed by atoms with Crippen molar-refractivity contribution >= 4 is 39.1 Å². The fourth-order valence-electron chi connectivity index (χ4n) is 3.01. The van der Waals surface area contributed by atoms with E-state index in [2.05, 4.69) is 16.5 Å². The van der Waals surface area contributed by atoms with Crippen molar-refractivity contribution in [3.05, 3.63) is 65.5 Å². The minimum Gasteiger partial charge on any atom is -0.329 e. The van der Waals surface area contributed by atoms with Crippen LogP contribution in [0.15, 0.2) is 54.3 Å². The number of amides is 1. The topological polar surface area (TPSA) is 80.2 Å². The molecular weight excluding hydrogens is 418 g/mol. The van der Waals surface area contributed by atoms with E-state index >= 15 is 0 Å². The third kappa shape index (κ3) is 5.12. The Morgan fingerprint density at radius 2 is 2.11 bits per heavy atom. The molecule has 3 rings (SSSR count). The van der Waals surface area contributed by atoms with Crippen molar-refractivity contribution in [2.45, 2.75) is 24.2 Å². The third-order valence-electron chi connectivity index (χ3n) is 4.36. The van der Waals surface area contributed by atoms with Crippen LogP contribution in [0.2, 0.25) is 5.02 Å². The summed E-state index contributed by atoms with van der Waals surface area (Å²) in [6.07, 6.45) is 3.52. The molecule has 1 aliphatic heterocycles. The van der Waals surface area contributed by atoms with E-state index in [0.29, 0.717) is 17.3 Å². The Bertz CT molecular complexity index is 968. The lowest BCUT2D eigenvalue weighted by Crippen LogP contribution is -2.41. The molecule has 2 heterocycles. The summed E-state index contributed by atoms with van der Waals surface area (Å²) >= 11 is 7.56. The zero-order chi connectivity index (χ0) is 20.1. The van der Waals surface area contributed by atoms with E-state index < -0.39 is 15.9 Å². The van der Waals surface area contributed by atoms with Gasteiger partial charge in [-0.25, -0.2) is 18.4 Å². The first-order valence-corrected chi connectivity index (χ1v) is 11.9. The van der Waals surface area contributed by atoms with Crippen LogP contribution < -0.4 is 0 Å². The smallest absolute Gasteiger partial charge is 0.274 e. The molecule has 1 atom stereocenters. The fourth-order valence-corrected chi connectivity index (χ4v) is 5.46. The Hall–Kier alpha value is -1.90. The number of sulfone groups is 1. The molecule has 1 saturated heterocycles. The minimum absolute atomic E-state index is 0.0493. The van der Waals surface area contributed by atoms with Gasteiger partial charge in [-0.05, 0) is 12.0 Å². The minimum atomic E-state index is -3.15. The Morgan fingerprint density at radius 1 is 1.36 bits per heavy atom. The van der Waals surface area contributed by atoms with Crippen molar-refractivity contribution in [3.63, 3.8) is 0 Å². The van der Waals surface area contributed by atoms with Crippen LogP contribution in [0.25, 0.3) is 0 Å². The Morgan fingerprint density at radius 3 is 2.75 bits per heavy atom. The SMILES string of the molecule is C=CCSc1ncc(Cl)c(C(=O)N(Cc2ccccc2)[C@@H]2CCS(=O)(=O)C2)n1. The largest absolute Gasteiger partial charge is 0.329 e. The Labute approximate surface area is 173 Å². The highest BCUT2D eigenvalue weighted by atomic mass is 35.5. The van der Waals surface area contributed by atoms with E-state index in [1.54, 1.807) is 11.0 Å². The average molecular weight is 438 g/mol. The monoisotopic (exact) mass is 437 g/mol. The summed E-state index contributed by atoms with van der Waals surface area (Å²) in [7, 11) is -3.15. The van der Waals surface area contributed by atoms with Crippen molar-refractivity contribution < 1.29 is 13.2 Å². The van der Waals surface area contributed by atoms with Gasteiger partial charge in [0.15, 0.2) is 20.7 Å². The van der Waals surface area contributed by atoms with Gasteiger partial charge in [0, 0.05) is 18.3 Å². The lowest BCUT2D eigenvalue weighted by molar-refractivity contribution is 0.0674. The molecule has 0 unspecified atom stereocenters. The van der Waals surface area contributed by atoms with E-state index in [1.807, 2.05) is 30.3 Å². The second kappa shape index (κ2) is 9.07. The van der Waals surface area contributed by atoms with E-state index in [0.717, 1.165) is 5.56 Å². The molecule has 0 spiro atoms. The lowest BCUT2D eigenvalue weighted by atomic mass is 10.1. The molecule has 28 heavy (non-hydrogen) atoms. The number of aromatic nitrogens is 2. The molecule has 6 nitrogen and oxygen atoms in total. The molecule has 9 heteroatoms. The quantitative estimate of drug-likeness (QED) is 0.376. The normalized spacial score (nSPS) is 18.0. The molecule has 0 bridgehead atoms. The van der Waals surface area contributed by atoms with Crippen LogP contribution in [-0.2, 0) is 16.4 Å². The maximum atomic E-state index is 13.3. The van der Waals surface area contributed by atoms with Gasteiger partial charge >= 0.3 is 0 Å². The van der Waals surface area contributed by atoms with Gasteiger partial charge in [-0.3, -0.25) is 4.79 Å². The first-order valence-electron chi connectivity index (χ1n) is 8.71. The van der Waals surface area contributed by atoms with Gasteiger partial charge in [0.05, 0.1) is 22.7 Å². The van der Waals surface area contributed by atoms with Gasteiger partial charge in [0.1, 0.15) is 0 Å². The average Bonchev–Trinajstić information content (AvgIpc) is 3.05. The van der Waals surface area contributed by atoms with Crippen molar-refractivity contribution in [2.75, 3.05) is 17.3 Å². The van der Waals surface area contributed by atoms with Crippen LogP contribution in [-0.4, -0.2) is 52.5 Å². The van der Waals surface area contributed by atoms with Crippen LogP contribution in [0.4, 0.5) is 0 Å². The summed E-state index contributed by atoms with van der Waals surface area (Å²) < 4.78 is 24.0. The molecule has 1 fully saturated rings. The Kier molecular flexibility index (Phi) is 6.74. The number of halogens is 1. The zero-order valence-electron chi connectivity index (χ0n) is 15.1. The molecule has 0 saturated carbocycles. The molecule has 148 valence electrons. The van der Waals surface area contributed by atoms with Gasteiger partial charge in [-0.1, -0.05) is 59.8 Å². The highest BCUT2D eigenvalue weighted by Crippen LogP contribution is 2.25. The van der Waals surface area contributed by atoms with Gasteiger partial charge < -0.3 is 4.90 Å². The number of carbonyl (C=O) groups is 1. The first kappa shape index (κ1) is 20.8. The number of hydrogen-bond acceptors (Lipinski definition) is 6. The summed E-state index contributed by atoms with van der Waals surface area (Å²) in [5.74, 6) is 0.239. The predicted molar refractivity (Wildman–Crippen MR) is 111 cm³/mol. The molecule has 1 aromatic carbocycles. The number of hydrogen-bond donors (Lipinski definition) is 0. The molecule has 1 aliphatic rings. The standard InChI is InChI=1S/C19H20ClN3O3S2/c1-2-9-27-19-21-11-16(20)17(22-19)18(24)23(12-14-6-4-3-5-7-14)15-8-10-28(25,26)13-15/h2-7,11,15H,1,8-10,12-13H2/t15-/m1/s1. The molecule has 1 amide bonds. The first-order chi connectivity index (χ1) is 13.4. The van der Waals surface area contributed by atoms with Crippen molar-refractivity contribution in [3.8, 4) is 0 Å². The van der Waals surface area contributed by atoms with E-state index in [4.69, 9.17) is 11.6 Å². The van der Waals surface area contributed by atoms with Gasteiger partial charge in [-0.2, -0.15) is 0 Å². The number of carbonyl (C=O) groups excluding carboxylic acids is 1.